The van der Waals surface area contributed by atoms with Crippen molar-refractivity contribution >= 4 is 0 Å². The van der Waals surface area contributed by atoms with Crippen molar-refractivity contribution in [2.24, 2.45) is 17.1 Å². The van der Waals surface area contributed by atoms with Gasteiger partial charge in [-0.05, 0) is 39.3 Å². The van der Waals surface area contributed by atoms with Gasteiger partial charge in [0.05, 0.1) is 6.10 Å². The van der Waals surface area contributed by atoms with E-state index in [2.05, 4.69) is 32.4 Å². The summed E-state index contributed by atoms with van der Waals surface area (Å²) in [6.07, 6.45) is 7.00. The predicted octanol–water partition coefficient (Wildman–Crippen LogP) is 2.42. The number of nitrogens with two attached hydrogens (primary N) is 1. The lowest BCUT2D eigenvalue weighted by molar-refractivity contribution is -0.231. The smallest absolute Gasteiger partial charge is 0.0690 e. The van der Waals surface area contributed by atoms with Gasteiger partial charge >= 0.3 is 0 Å². The number of allylic oxidation sites excluding steroid dienone is 1. The summed E-state index contributed by atoms with van der Waals surface area (Å²) in [4.78, 5) is 2.38. The summed E-state index contributed by atoms with van der Waals surface area (Å²) in [7, 11) is 2.19. The molecular weight excluding hydrogens is 236 g/mol. The van der Waals surface area contributed by atoms with Gasteiger partial charge in [-0.3, -0.25) is 0 Å². The van der Waals surface area contributed by atoms with Crippen molar-refractivity contribution in [1.82, 2.24) is 4.90 Å². The lowest BCUT2D eigenvalue weighted by Crippen LogP contribution is -2.80. The number of fused-ring (bicyclic) bond motifs is 1. The van der Waals surface area contributed by atoms with Gasteiger partial charge in [0.1, 0.15) is 0 Å². The van der Waals surface area contributed by atoms with Crippen LogP contribution in [0.5, 0.6) is 0 Å². The SMILES string of the molecule is C=CCCCN(C)CC1(N)C2CCCOC2C1(C)C. The Morgan fingerprint density at radius 2 is 2.21 bits per heavy atom. The maximum Gasteiger partial charge on any atom is 0.0690 e. The van der Waals surface area contributed by atoms with E-state index in [1.807, 2.05) is 6.08 Å². The molecule has 2 N–H and O–H groups in total. The number of rotatable bonds is 6. The molecule has 0 aromatic carbocycles. The van der Waals surface area contributed by atoms with E-state index < -0.39 is 0 Å². The zero-order chi connectivity index (χ0) is 14.1. The van der Waals surface area contributed by atoms with Gasteiger partial charge in [-0.2, -0.15) is 0 Å². The molecule has 19 heavy (non-hydrogen) atoms. The van der Waals surface area contributed by atoms with Gasteiger partial charge in [-0.15, -0.1) is 6.58 Å². The van der Waals surface area contributed by atoms with Crippen LogP contribution < -0.4 is 5.73 Å². The molecule has 1 saturated heterocycles. The second-order valence-corrected chi connectivity index (χ2v) is 6.97. The minimum Gasteiger partial charge on any atom is -0.377 e. The van der Waals surface area contributed by atoms with Gasteiger partial charge < -0.3 is 15.4 Å². The molecule has 2 fully saturated rings. The molecule has 0 radical (unpaired) electrons. The van der Waals surface area contributed by atoms with E-state index in [-0.39, 0.29) is 11.0 Å². The molecule has 1 saturated carbocycles. The van der Waals surface area contributed by atoms with E-state index >= 15 is 0 Å². The van der Waals surface area contributed by atoms with E-state index in [0.717, 1.165) is 32.5 Å². The summed E-state index contributed by atoms with van der Waals surface area (Å²) in [5.41, 5.74) is 6.79. The average Bonchev–Trinajstić information content (AvgIpc) is 2.39. The third-order valence-electron chi connectivity index (χ3n) is 5.37. The van der Waals surface area contributed by atoms with Crippen molar-refractivity contribution in [2.75, 3.05) is 26.7 Å². The molecule has 1 aliphatic carbocycles. The molecule has 2 rings (SSSR count). The van der Waals surface area contributed by atoms with Gasteiger partial charge in [-0.1, -0.05) is 19.9 Å². The Hall–Kier alpha value is -0.380. The molecule has 2 aliphatic rings. The van der Waals surface area contributed by atoms with Crippen LogP contribution in [0.15, 0.2) is 12.7 Å². The minimum absolute atomic E-state index is 0.0881. The summed E-state index contributed by atoms with van der Waals surface area (Å²) in [6.45, 7) is 11.3. The Balaban J connectivity index is 1.95. The zero-order valence-electron chi connectivity index (χ0n) is 12.8. The molecule has 0 spiro atoms. The van der Waals surface area contributed by atoms with Crippen LogP contribution >= 0.6 is 0 Å². The van der Waals surface area contributed by atoms with Crippen molar-refractivity contribution in [3.63, 3.8) is 0 Å². The largest absolute Gasteiger partial charge is 0.377 e. The quantitative estimate of drug-likeness (QED) is 0.593. The Morgan fingerprint density at radius 1 is 1.47 bits per heavy atom. The van der Waals surface area contributed by atoms with Gasteiger partial charge in [-0.25, -0.2) is 0 Å². The van der Waals surface area contributed by atoms with E-state index in [9.17, 15) is 0 Å². The van der Waals surface area contributed by atoms with E-state index in [4.69, 9.17) is 10.5 Å². The summed E-state index contributed by atoms with van der Waals surface area (Å²) in [5, 5.41) is 0. The molecule has 0 bridgehead atoms. The van der Waals surface area contributed by atoms with Crippen molar-refractivity contribution in [3.8, 4) is 0 Å². The predicted molar refractivity (Wildman–Crippen MR) is 80.1 cm³/mol. The number of ether oxygens (including phenoxy) is 1. The molecule has 1 aliphatic heterocycles. The maximum absolute atomic E-state index is 6.80. The van der Waals surface area contributed by atoms with Crippen LogP contribution in [-0.4, -0.2) is 43.3 Å². The average molecular weight is 266 g/mol. The van der Waals surface area contributed by atoms with E-state index in [1.54, 1.807) is 0 Å². The van der Waals surface area contributed by atoms with Crippen molar-refractivity contribution in [2.45, 2.75) is 51.2 Å². The Labute approximate surface area is 118 Å². The van der Waals surface area contributed by atoms with Crippen LogP contribution in [0.2, 0.25) is 0 Å². The lowest BCUT2D eigenvalue weighted by atomic mass is 9.46. The highest BCUT2D eigenvalue weighted by Gasteiger charge is 2.66. The molecule has 3 heteroatoms. The summed E-state index contributed by atoms with van der Waals surface area (Å²) < 4.78 is 5.96. The van der Waals surface area contributed by atoms with Crippen LogP contribution in [0.25, 0.3) is 0 Å². The molecule has 1 heterocycles. The third-order valence-corrected chi connectivity index (χ3v) is 5.37. The molecule has 0 amide bonds. The Bertz CT molecular complexity index is 329. The number of likely N-dealkylation sites (N-methyl/N-ethyl adjacent to an activating group) is 1. The van der Waals surface area contributed by atoms with E-state index in [1.165, 1.54) is 12.8 Å². The normalized spacial score (nSPS) is 36.7. The van der Waals surface area contributed by atoms with Crippen molar-refractivity contribution in [3.05, 3.63) is 12.7 Å². The lowest BCUT2D eigenvalue weighted by Gasteiger charge is -2.67. The number of hydrogen-bond donors (Lipinski definition) is 1. The molecule has 0 aromatic rings. The fraction of sp³-hybridized carbons (Fsp3) is 0.875. The molecular formula is C16H30N2O. The standard InChI is InChI=1S/C16H30N2O/c1-5-6-7-10-18(4)12-16(17)13-9-8-11-19-14(13)15(16,2)3/h5,13-14H,1,6-12,17H2,2-4H3. The fourth-order valence-corrected chi connectivity index (χ4v) is 4.02. The highest BCUT2D eigenvalue weighted by Crippen LogP contribution is 2.57. The third kappa shape index (κ3) is 2.48. The summed E-state index contributed by atoms with van der Waals surface area (Å²) in [6, 6.07) is 0. The zero-order valence-corrected chi connectivity index (χ0v) is 12.8. The molecule has 3 atom stereocenters. The fourth-order valence-electron chi connectivity index (χ4n) is 4.02. The monoisotopic (exact) mass is 266 g/mol. The molecule has 3 nitrogen and oxygen atoms in total. The topological polar surface area (TPSA) is 38.5 Å². The first kappa shape index (κ1) is 15.0. The minimum atomic E-state index is -0.0962. The van der Waals surface area contributed by atoms with E-state index in [0.29, 0.717) is 12.0 Å². The van der Waals surface area contributed by atoms with Gasteiger partial charge in [0.25, 0.3) is 0 Å². The molecule has 110 valence electrons. The second kappa shape index (κ2) is 5.55. The summed E-state index contributed by atoms with van der Waals surface area (Å²) in [5.74, 6) is 0.540. The number of unbranched alkanes of at least 4 members (excludes halogenated alkanes) is 1. The Morgan fingerprint density at radius 3 is 2.89 bits per heavy atom. The van der Waals surface area contributed by atoms with Crippen LogP contribution in [0.1, 0.15) is 39.5 Å². The van der Waals surface area contributed by atoms with Crippen LogP contribution in [0.4, 0.5) is 0 Å². The second-order valence-electron chi connectivity index (χ2n) is 6.97. The summed E-state index contributed by atoms with van der Waals surface area (Å²) >= 11 is 0. The van der Waals surface area contributed by atoms with Crippen LogP contribution in [-0.2, 0) is 4.74 Å². The van der Waals surface area contributed by atoms with Crippen molar-refractivity contribution in [1.29, 1.82) is 0 Å². The van der Waals surface area contributed by atoms with Crippen molar-refractivity contribution < 1.29 is 4.74 Å². The highest BCUT2D eigenvalue weighted by molar-refractivity contribution is 5.20. The number of nitrogens with zero attached hydrogens (tertiary/aromatic N) is 1. The van der Waals surface area contributed by atoms with Gasteiger partial charge in [0.2, 0.25) is 0 Å². The first-order valence-electron chi connectivity index (χ1n) is 7.63. The molecule has 0 aromatic heterocycles. The first-order chi connectivity index (χ1) is 8.93. The van der Waals surface area contributed by atoms with Crippen LogP contribution in [0.3, 0.4) is 0 Å². The first-order valence-corrected chi connectivity index (χ1v) is 7.63. The Kier molecular flexibility index (Phi) is 4.38. The number of hydrogen-bond acceptors (Lipinski definition) is 3. The molecule has 3 unspecified atom stereocenters. The van der Waals surface area contributed by atoms with Gasteiger partial charge in [0.15, 0.2) is 0 Å². The van der Waals surface area contributed by atoms with Crippen LogP contribution in [0, 0.1) is 11.3 Å². The van der Waals surface area contributed by atoms with Gasteiger partial charge in [0, 0.05) is 30.0 Å². The highest BCUT2D eigenvalue weighted by atomic mass is 16.5. The maximum atomic E-state index is 6.80.